The van der Waals surface area contributed by atoms with Crippen LogP contribution in [0.3, 0.4) is 0 Å². The number of nitrogens with zero attached hydrogens (tertiary/aromatic N) is 2. The lowest BCUT2D eigenvalue weighted by Crippen LogP contribution is -2.18. The molecule has 0 saturated carbocycles. The zero-order valence-corrected chi connectivity index (χ0v) is 15.0. The number of hydrogen-bond donors (Lipinski definition) is 2. The second-order valence-corrected chi connectivity index (χ2v) is 7.48. The van der Waals surface area contributed by atoms with Crippen LogP contribution in [0, 0.1) is 5.82 Å². The molecule has 1 amide bonds. The molecule has 122 valence electrons. The van der Waals surface area contributed by atoms with Crippen LogP contribution in [0.2, 0.25) is 5.02 Å². The molecule has 0 aliphatic heterocycles. The number of halogens is 3. The largest absolute Gasteiger partial charge is 0.291 e. The Bertz CT molecular complexity index is 904. The minimum absolute atomic E-state index is 0.102. The SMILES string of the molecule is O=C(N/N=C\c1c(F)cccc1Cl)c1cc(-c2ccc(Br)s2)[nH]n1. The minimum atomic E-state index is -0.522. The van der Waals surface area contributed by atoms with Crippen LogP contribution < -0.4 is 5.43 Å². The molecule has 0 fully saturated rings. The van der Waals surface area contributed by atoms with E-state index in [0.717, 1.165) is 20.6 Å². The normalized spacial score (nSPS) is 11.1. The summed E-state index contributed by atoms with van der Waals surface area (Å²) in [7, 11) is 0. The van der Waals surface area contributed by atoms with E-state index < -0.39 is 11.7 Å². The third-order valence-electron chi connectivity index (χ3n) is 3.01. The van der Waals surface area contributed by atoms with E-state index >= 15 is 0 Å². The summed E-state index contributed by atoms with van der Waals surface area (Å²) in [5.41, 5.74) is 3.28. The monoisotopic (exact) mass is 426 g/mol. The number of thiophene rings is 1. The third-order valence-corrected chi connectivity index (χ3v) is 5.00. The van der Waals surface area contributed by atoms with Crippen molar-refractivity contribution in [3.63, 3.8) is 0 Å². The van der Waals surface area contributed by atoms with Crippen molar-refractivity contribution in [2.75, 3.05) is 0 Å². The van der Waals surface area contributed by atoms with Crippen LogP contribution in [-0.4, -0.2) is 22.3 Å². The van der Waals surface area contributed by atoms with Crippen LogP contribution in [-0.2, 0) is 0 Å². The quantitative estimate of drug-likeness (QED) is 0.477. The molecular weight excluding hydrogens is 419 g/mol. The molecule has 0 atom stereocenters. The lowest BCUT2D eigenvalue weighted by molar-refractivity contribution is 0.0950. The van der Waals surface area contributed by atoms with Crippen molar-refractivity contribution in [1.82, 2.24) is 15.6 Å². The van der Waals surface area contributed by atoms with Crippen molar-refractivity contribution in [3.8, 4) is 10.6 Å². The number of amides is 1. The van der Waals surface area contributed by atoms with Gasteiger partial charge in [-0.15, -0.1) is 11.3 Å². The van der Waals surface area contributed by atoms with Crippen molar-refractivity contribution < 1.29 is 9.18 Å². The van der Waals surface area contributed by atoms with Gasteiger partial charge in [0.05, 0.1) is 25.6 Å². The van der Waals surface area contributed by atoms with Crippen molar-refractivity contribution >= 4 is 51.0 Å². The summed E-state index contributed by atoms with van der Waals surface area (Å²) in [6.07, 6.45) is 1.15. The molecule has 5 nitrogen and oxygen atoms in total. The topological polar surface area (TPSA) is 70.1 Å². The zero-order valence-electron chi connectivity index (χ0n) is 11.9. The van der Waals surface area contributed by atoms with Gasteiger partial charge in [0.2, 0.25) is 0 Å². The minimum Gasteiger partial charge on any atom is -0.276 e. The molecule has 0 aliphatic rings. The van der Waals surface area contributed by atoms with E-state index in [-0.39, 0.29) is 16.3 Å². The van der Waals surface area contributed by atoms with Gasteiger partial charge >= 0.3 is 0 Å². The van der Waals surface area contributed by atoms with E-state index in [1.807, 2.05) is 12.1 Å². The van der Waals surface area contributed by atoms with Gasteiger partial charge in [0.15, 0.2) is 5.69 Å². The summed E-state index contributed by atoms with van der Waals surface area (Å²) in [6, 6.07) is 9.70. The smallest absolute Gasteiger partial charge is 0.276 e. The molecule has 1 aromatic carbocycles. The van der Waals surface area contributed by atoms with Crippen LogP contribution in [0.25, 0.3) is 10.6 Å². The molecule has 2 N–H and O–H groups in total. The Labute approximate surface area is 153 Å². The van der Waals surface area contributed by atoms with E-state index in [9.17, 15) is 9.18 Å². The second-order valence-electron chi connectivity index (χ2n) is 4.61. The lowest BCUT2D eigenvalue weighted by atomic mass is 10.2. The fourth-order valence-electron chi connectivity index (χ4n) is 1.87. The van der Waals surface area contributed by atoms with Crippen molar-refractivity contribution in [2.24, 2.45) is 5.10 Å². The summed E-state index contributed by atoms with van der Waals surface area (Å²) in [5.74, 6) is -1.04. The molecule has 2 aromatic heterocycles. The highest BCUT2D eigenvalue weighted by atomic mass is 79.9. The number of nitrogens with one attached hydrogen (secondary N) is 2. The first kappa shape index (κ1) is 16.8. The molecule has 9 heteroatoms. The molecule has 0 unspecified atom stereocenters. The Morgan fingerprint density at radius 2 is 2.25 bits per heavy atom. The first-order valence-electron chi connectivity index (χ1n) is 6.63. The van der Waals surface area contributed by atoms with Crippen molar-refractivity contribution in [1.29, 1.82) is 0 Å². The summed E-state index contributed by atoms with van der Waals surface area (Å²) >= 11 is 10.8. The number of aromatic amines is 1. The molecule has 3 rings (SSSR count). The molecule has 0 radical (unpaired) electrons. The molecule has 0 bridgehead atoms. The molecule has 0 spiro atoms. The number of hydrazone groups is 1. The fraction of sp³-hybridized carbons (Fsp3) is 0. The van der Waals surface area contributed by atoms with E-state index in [0.29, 0.717) is 0 Å². The van der Waals surface area contributed by atoms with Gasteiger partial charge in [-0.05, 0) is 46.3 Å². The first-order chi connectivity index (χ1) is 11.5. The van der Waals surface area contributed by atoms with E-state index in [4.69, 9.17) is 11.6 Å². The second kappa shape index (κ2) is 7.25. The van der Waals surface area contributed by atoms with Gasteiger partial charge in [-0.3, -0.25) is 9.89 Å². The summed E-state index contributed by atoms with van der Waals surface area (Å²) in [5, 5.41) is 10.7. The highest BCUT2D eigenvalue weighted by molar-refractivity contribution is 9.11. The van der Waals surface area contributed by atoms with Gasteiger partial charge in [0, 0.05) is 5.56 Å². The zero-order chi connectivity index (χ0) is 17.1. The maximum atomic E-state index is 13.6. The van der Waals surface area contributed by atoms with Crippen LogP contribution in [0.1, 0.15) is 16.1 Å². The number of carbonyl (C=O) groups is 1. The molecule has 3 aromatic rings. The number of aromatic nitrogens is 2. The third kappa shape index (κ3) is 3.72. The Morgan fingerprint density at radius 1 is 1.42 bits per heavy atom. The number of carbonyl (C=O) groups excluding carboxylic acids is 1. The number of hydrogen-bond acceptors (Lipinski definition) is 4. The molecule has 0 aliphatic carbocycles. The molecule has 2 heterocycles. The van der Waals surface area contributed by atoms with Crippen LogP contribution in [0.4, 0.5) is 4.39 Å². The summed E-state index contributed by atoms with van der Waals surface area (Å²) in [6.45, 7) is 0. The first-order valence-corrected chi connectivity index (χ1v) is 8.62. The summed E-state index contributed by atoms with van der Waals surface area (Å²) in [4.78, 5) is 13.0. The highest BCUT2D eigenvalue weighted by Gasteiger charge is 2.12. The van der Waals surface area contributed by atoms with Gasteiger partial charge in [-0.1, -0.05) is 17.7 Å². The van der Waals surface area contributed by atoms with Gasteiger partial charge < -0.3 is 0 Å². The Hall–Kier alpha value is -2.03. The van der Waals surface area contributed by atoms with E-state index in [1.54, 1.807) is 6.07 Å². The van der Waals surface area contributed by atoms with Gasteiger partial charge in [0.25, 0.3) is 5.91 Å². The number of benzene rings is 1. The number of rotatable bonds is 4. The fourth-order valence-corrected chi connectivity index (χ4v) is 3.43. The standard InChI is InChI=1S/C15H9BrClFN4OS/c16-14-5-4-13(24-14)11-6-12(21-20-11)15(23)22-19-7-8-9(17)2-1-3-10(8)18/h1-7H,(H,20,21)(H,22,23)/b19-7-. The van der Waals surface area contributed by atoms with Gasteiger partial charge in [-0.25, -0.2) is 9.82 Å². The average Bonchev–Trinajstić information content (AvgIpc) is 3.19. The molecular formula is C15H9BrClFN4OS. The van der Waals surface area contributed by atoms with Gasteiger partial charge in [0.1, 0.15) is 5.82 Å². The Morgan fingerprint density at radius 3 is 2.96 bits per heavy atom. The van der Waals surface area contributed by atoms with E-state index in [1.165, 1.54) is 29.5 Å². The van der Waals surface area contributed by atoms with Crippen LogP contribution >= 0.6 is 38.9 Å². The maximum Gasteiger partial charge on any atom is 0.291 e. The summed E-state index contributed by atoms with van der Waals surface area (Å²) < 4.78 is 14.6. The highest BCUT2D eigenvalue weighted by Crippen LogP contribution is 2.30. The van der Waals surface area contributed by atoms with E-state index in [2.05, 4.69) is 36.7 Å². The average molecular weight is 428 g/mol. The molecule has 24 heavy (non-hydrogen) atoms. The predicted octanol–water partition coefficient (Wildman–Crippen LogP) is 4.46. The van der Waals surface area contributed by atoms with Crippen LogP contribution in [0.5, 0.6) is 0 Å². The lowest BCUT2D eigenvalue weighted by Gasteiger charge is -1.99. The number of H-pyrrole nitrogens is 1. The predicted molar refractivity (Wildman–Crippen MR) is 96.1 cm³/mol. The van der Waals surface area contributed by atoms with Crippen LogP contribution in [0.15, 0.2) is 45.3 Å². The Kier molecular flexibility index (Phi) is 5.08. The van der Waals surface area contributed by atoms with Gasteiger partial charge in [-0.2, -0.15) is 10.2 Å². The molecule has 0 saturated heterocycles. The van der Waals surface area contributed by atoms with Crippen molar-refractivity contribution in [3.05, 3.63) is 62.3 Å². The Balaban J connectivity index is 1.70. The van der Waals surface area contributed by atoms with Crippen molar-refractivity contribution in [2.45, 2.75) is 0 Å². The maximum absolute atomic E-state index is 13.6.